The van der Waals surface area contributed by atoms with Gasteiger partial charge in [-0.05, 0) is 36.1 Å². The number of carbonyl (C=O) groups excluding carboxylic acids is 2. The maximum absolute atomic E-state index is 13.2. The zero-order valence-corrected chi connectivity index (χ0v) is 19.7. The van der Waals surface area contributed by atoms with Gasteiger partial charge in [-0.3, -0.25) is 9.59 Å². The Morgan fingerprint density at radius 3 is 2.29 bits per heavy atom. The van der Waals surface area contributed by atoms with Gasteiger partial charge < -0.3 is 31.3 Å². The topological polar surface area (TPSA) is 151 Å². The van der Waals surface area contributed by atoms with Crippen LogP contribution >= 0.6 is 0 Å². The van der Waals surface area contributed by atoms with Crippen molar-refractivity contribution in [2.75, 3.05) is 13.2 Å². The zero-order valence-electron chi connectivity index (χ0n) is 19.7. The minimum absolute atomic E-state index is 0.121. The summed E-state index contributed by atoms with van der Waals surface area (Å²) in [6.45, 7) is 5.25. The predicted molar refractivity (Wildman–Crippen MR) is 128 cm³/mol. The lowest BCUT2D eigenvalue weighted by Gasteiger charge is -2.22. The number of carboxylic acids is 1. The number of nitrogens with one attached hydrogen (secondary N) is 2. The van der Waals surface area contributed by atoms with E-state index in [0.717, 1.165) is 11.1 Å². The summed E-state index contributed by atoms with van der Waals surface area (Å²) >= 11 is 0. The Balaban J connectivity index is 2.27. The Labute approximate surface area is 199 Å². The molecule has 9 heteroatoms. The number of hydrogen-bond donors (Lipinski definition) is 5. The second-order valence-electron chi connectivity index (χ2n) is 8.52. The highest BCUT2D eigenvalue weighted by molar-refractivity contribution is 6.00. The Kier molecular flexibility index (Phi) is 10.0. The largest absolute Gasteiger partial charge is 0.491 e. The van der Waals surface area contributed by atoms with E-state index in [4.69, 9.17) is 15.6 Å². The lowest BCUT2D eigenvalue weighted by molar-refractivity contribution is -0.143. The molecule has 0 bridgehead atoms. The van der Waals surface area contributed by atoms with Crippen molar-refractivity contribution in [1.82, 2.24) is 10.6 Å². The molecule has 2 rings (SSSR count). The number of ether oxygens (including phenoxy) is 1. The summed E-state index contributed by atoms with van der Waals surface area (Å²) in [7, 11) is 0. The van der Waals surface area contributed by atoms with E-state index in [-0.39, 0.29) is 30.6 Å². The number of hydrogen-bond acceptors (Lipinski definition) is 6. The predicted octanol–water partition coefficient (Wildman–Crippen LogP) is 1.26. The first-order chi connectivity index (χ1) is 16.1. The molecule has 2 aromatic carbocycles. The maximum Gasteiger partial charge on any atom is 0.328 e. The van der Waals surface area contributed by atoms with Gasteiger partial charge in [-0.15, -0.1) is 0 Å². The zero-order chi connectivity index (χ0) is 25.3. The van der Waals surface area contributed by atoms with Crippen LogP contribution in [0.1, 0.15) is 35.3 Å². The van der Waals surface area contributed by atoms with Crippen molar-refractivity contribution in [2.24, 2.45) is 11.7 Å². The monoisotopic (exact) mass is 471 g/mol. The first-order valence-corrected chi connectivity index (χ1v) is 11.1. The molecule has 0 heterocycles. The van der Waals surface area contributed by atoms with Gasteiger partial charge in [0, 0.05) is 12.5 Å². The molecule has 2 aromatic rings. The van der Waals surface area contributed by atoms with Crippen molar-refractivity contribution in [3.05, 3.63) is 65.2 Å². The second kappa shape index (κ2) is 12.7. The first-order valence-electron chi connectivity index (χ1n) is 11.1. The van der Waals surface area contributed by atoms with Gasteiger partial charge in [-0.25, -0.2) is 4.79 Å². The molecule has 3 atom stereocenters. The normalized spacial score (nSPS) is 13.6. The second-order valence-corrected chi connectivity index (χ2v) is 8.52. The lowest BCUT2D eigenvalue weighted by Crippen LogP contribution is -2.53. The summed E-state index contributed by atoms with van der Waals surface area (Å²) in [6.07, 6.45) is 0.121. The number of rotatable bonds is 12. The van der Waals surface area contributed by atoms with E-state index in [1.165, 1.54) is 0 Å². The van der Waals surface area contributed by atoms with Crippen LogP contribution in [-0.2, 0) is 16.0 Å². The van der Waals surface area contributed by atoms with E-state index < -0.39 is 36.5 Å². The summed E-state index contributed by atoms with van der Waals surface area (Å²) in [5.74, 6) is -2.13. The summed E-state index contributed by atoms with van der Waals surface area (Å²) in [4.78, 5) is 37.3. The number of aryl methyl sites for hydroxylation is 1. The molecule has 0 spiro atoms. The van der Waals surface area contributed by atoms with E-state index in [2.05, 4.69) is 10.6 Å². The molecular weight excluding hydrogens is 438 g/mol. The van der Waals surface area contributed by atoms with Crippen LogP contribution in [0.5, 0.6) is 5.75 Å². The third kappa shape index (κ3) is 7.86. The molecule has 34 heavy (non-hydrogen) atoms. The molecule has 2 amide bonds. The number of carboxylic acid groups (broad SMARTS) is 1. The maximum atomic E-state index is 13.2. The van der Waals surface area contributed by atoms with Gasteiger partial charge in [0.1, 0.15) is 24.4 Å². The Morgan fingerprint density at radius 1 is 1.03 bits per heavy atom. The fourth-order valence-corrected chi connectivity index (χ4v) is 3.07. The molecule has 0 fully saturated rings. The van der Waals surface area contributed by atoms with Crippen LogP contribution in [0, 0.1) is 12.8 Å². The average Bonchev–Trinajstić information content (AvgIpc) is 2.80. The van der Waals surface area contributed by atoms with Crippen LogP contribution in [0.3, 0.4) is 0 Å². The van der Waals surface area contributed by atoms with Crippen molar-refractivity contribution >= 4 is 17.8 Å². The molecule has 0 aliphatic heterocycles. The van der Waals surface area contributed by atoms with Crippen LogP contribution in [-0.4, -0.2) is 59.3 Å². The standard InChI is InChI=1S/C25H33N3O6/c1-15(2)19(26)14-34-22-11-16(3)9-10-18(22)23(30)27-20(12-17-7-5-4-6-8-17)24(31)28-21(13-29)25(32)33/h4-11,15,19-21,29H,12-14,26H2,1-3H3,(H,27,30)(H,28,31)(H,32,33)/t19-,20-,21-/m0/s1. The molecule has 0 aliphatic rings. The first kappa shape index (κ1) is 26.8. The van der Waals surface area contributed by atoms with E-state index in [0.29, 0.717) is 5.75 Å². The Hall–Kier alpha value is -3.43. The van der Waals surface area contributed by atoms with E-state index >= 15 is 0 Å². The van der Waals surface area contributed by atoms with Crippen LogP contribution in [0.2, 0.25) is 0 Å². The third-order valence-electron chi connectivity index (χ3n) is 5.37. The molecule has 0 aliphatic carbocycles. The van der Waals surface area contributed by atoms with Gasteiger partial charge in [0.05, 0.1) is 12.2 Å². The van der Waals surface area contributed by atoms with E-state index in [9.17, 15) is 19.5 Å². The van der Waals surface area contributed by atoms with Crippen molar-refractivity contribution < 1.29 is 29.3 Å². The highest BCUT2D eigenvalue weighted by Crippen LogP contribution is 2.21. The van der Waals surface area contributed by atoms with E-state index in [1.807, 2.05) is 26.8 Å². The number of aliphatic hydroxyl groups excluding tert-OH is 1. The van der Waals surface area contributed by atoms with Gasteiger partial charge in [-0.1, -0.05) is 50.2 Å². The number of benzene rings is 2. The van der Waals surface area contributed by atoms with Crippen molar-refractivity contribution in [1.29, 1.82) is 0 Å². The highest BCUT2D eigenvalue weighted by Gasteiger charge is 2.27. The van der Waals surface area contributed by atoms with Crippen LogP contribution in [0.15, 0.2) is 48.5 Å². The van der Waals surface area contributed by atoms with Gasteiger partial charge in [0.15, 0.2) is 0 Å². The molecule has 0 saturated heterocycles. The highest BCUT2D eigenvalue weighted by atomic mass is 16.5. The number of aliphatic carboxylic acids is 1. The van der Waals surface area contributed by atoms with Gasteiger partial charge >= 0.3 is 5.97 Å². The van der Waals surface area contributed by atoms with Gasteiger partial charge in [0.2, 0.25) is 5.91 Å². The lowest BCUT2D eigenvalue weighted by atomic mass is 10.0. The summed E-state index contributed by atoms with van der Waals surface area (Å²) in [6, 6.07) is 11.3. The summed E-state index contributed by atoms with van der Waals surface area (Å²) in [5, 5.41) is 23.4. The number of nitrogens with two attached hydrogens (primary N) is 1. The molecule has 9 nitrogen and oxygen atoms in total. The molecule has 184 valence electrons. The smallest absolute Gasteiger partial charge is 0.328 e. The van der Waals surface area contributed by atoms with Crippen molar-refractivity contribution in [3.63, 3.8) is 0 Å². The number of carbonyl (C=O) groups is 3. The van der Waals surface area contributed by atoms with Gasteiger partial charge in [-0.2, -0.15) is 0 Å². The fourth-order valence-electron chi connectivity index (χ4n) is 3.07. The molecular formula is C25H33N3O6. The number of amides is 2. The van der Waals surface area contributed by atoms with Gasteiger partial charge in [0.25, 0.3) is 5.91 Å². The Morgan fingerprint density at radius 2 is 1.71 bits per heavy atom. The minimum Gasteiger partial charge on any atom is -0.491 e. The van der Waals surface area contributed by atoms with Crippen molar-refractivity contribution in [2.45, 2.75) is 45.3 Å². The molecule has 0 saturated carbocycles. The molecule has 6 N–H and O–H groups in total. The van der Waals surface area contributed by atoms with Crippen molar-refractivity contribution in [3.8, 4) is 5.75 Å². The van der Waals surface area contributed by atoms with E-state index in [1.54, 1.807) is 42.5 Å². The Bertz CT molecular complexity index is 980. The minimum atomic E-state index is -1.49. The summed E-state index contributed by atoms with van der Waals surface area (Å²) < 4.78 is 5.84. The van der Waals surface area contributed by atoms with Crippen LogP contribution in [0.25, 0.3) is 0 Å². The molecule has 0 aromatic heterocycles. The van der Waals surface area contributed by atoms with Crippen LogP contribution < -0.4 is 21.1 Å². The SMILES string of the molecule is Cc1ccc(C(=O)N[C@@H](Cc2ccccc2)C(=O)N[C@@H](CO)C(=O)O)c(OC[C@H](N)C(C)C)c1. The van der Waals surface area contributed by atoms with Crippen LogP contribution in [0.4, 0.5) is 0 Å². The third-order valence-corrected chi connectivity index (χ3v) is 5.37. The molecule has 0 unspecified atom stereocenters. The average molecular weight is 472 g/mol. The fraction of sp³-hybridized carbons (Fsp3) is 0.400. The number of aliphatic hydroxyl groups is 1. The summed E-state index contributed by atoms with van der Waals surface area (Å²) in [5.41, 5.74) is 7.95. The molecule has 0 radical (unpaired) electrons. The quantitative estimate of drug-likeness (QED) is 0.313.